The summed E-state index contributed by atoms with van der Waals surface area (Å²) in [6, 6.07) is 5.74. The highest BCUT2D eigenvalue weighted by Gasteiger charge is 2.36. The van der Waals surface area contributed by atoms with Crippen molar-refractivity contribution in [2.75, 3.05) is 25.1 Å². The minimum atomic E-state index is -0.283. The Morgan fingerprint density at radius 1 is 1.33 bits per heavy atom. The Balaban J connectivity index is 1.96. The molecule has 1 aromatic rings. The van der Waals surface area contributed by atoms with Crippen LogP contribution in [0.15, 0.2) is 18.2 Å². The highest BCUT2D eigenvalue weighted by Crippen LogP contribution is 2.33. The van der Waals surface area contributed by atoms with Crippen LogP contribution in [0.4, 0.5) is 5.69 Å². The van der Waals surface area contributed by atoms with Crippen molar-refractivity contribution in [2.24, 2.45) is 5.92 Å². The van der Waals surface area contributed by atoms with E-state index in [4.69, 9.17) is 4.74 Å². The van der Waals surface area contributed by atoms with Crippen LogP contribution in [-0.2, 0) is 9.59 Å². The third-order valence-corrected chi connectivity index (χ3v) is 4.45. The molecule has 0 aliphatic carbocycles. The van der Waals surface area contributed by atoms with Gasteiger partial charge in [-0.2, -0.15) is 0 Å². The zero-order valence-corrected chi connectivity index (χ0v) is 14.9. The van der Waals surface area contributed by atoms with Crippen LogP contribution in [0.25, 0.3) is 0 Å². The van der Waals surface area contributed by atoms with Crippen LogP contribution in [-0.4, -0.2) is 32.0 Å². The molecule has 1 atom stereocenters. The van der Waals surface area contributed by atoms with Gasteiger partial charge in [0.1, 0.15) is 5.75 Å². The van der Waals surface area contributed by atoms with E-state index in [0.717, 1.165) is 24.1 Å². The molecule has 0 bridgehead atoms. The first-order valence-corrected chi connectivity index (χ1v) is 8.79. The summed E-state index contributed by atoms with van der Waals surface area (Å²) >= 11 is 0. The molecule has 24 heavy (non-hydrogen) atoms. The number of carbonyl (C=O) groups is 2. The van der Waals surface area contributed by atoms with Crippen LogP contribution < -0.4 is 15.0 Å². The van der Waals surface area contributed by atoms with Gasteiger partial charge < -0.3 is 15.0 Å². The number of nitrogens with one attached hydrogen (secondary N) is 1. The number of methoxy groups -OCH3 is 1. The van der Waals surface area contributed by atoms with E-state index < -0.39 is 0 Å². The minimum absolute atomic E-state index is 0.0195. The van der Waals surface area contributed by atoms with Crippen LogP contribution >= 0.6 is 0 Å². The maximum absolute atomic E-state index is 12.4. The lowest BCUT2D eigenvalue weighted by atomic mass is 10.1. The van der Waals surface area contributed by atoms with Gasteiger partial charge in [0.05, 0.1) is 18.7 Å². The number of nitrogens with zero attached hydrogens (tertiary/aromatic N) is 1. The van der Waals surface area contributed by atoms with Gasteiger partial charge in [0.2, 0.25) is 11.8 Å². The molecule has 1 N–H and O–H groups in total. The van der Waals surface area contributed by atoms with E-state index in [1.165, 1.54) is 12.8 Å². The van der Waals surface area contributed by atoms with Crippen molar-refractivity contribution < 1.29 is 14.3 Å². The Kier molecular flexibility index (Phi) is 6.64. The molecule has 1 aliphatic rings. The molecule has 1 aromatic carbocycles. The maximum atomic E-state index is 12.4. The normalized spacial score (nSPS) is 17.2. The fraction of sp³-hybridized carbons (Fsp3) is 0.579. The van der Waals surface area contributed by atoms with Crippen molar-refractivity contribution in [3.63, 3.8) is 0 Å². The van der Waals surface area contributed by atoms with Crippen LogP contribution in [0.1, 0.15) is 44.6 Å². The average Bonchev–Trinajstić information content (AvgIpc) is 2.96. The van der Waals surface area contributed by atoms with Crippen molar-refractivity contribution in [1.82, 2.24) is 5.32 Å². The molecular formula is C19H28N2O3. The fourth-order valence-electron chi connectivity index (χ4n) is 3.03. The van der Waals surface area contributed by atoms with E-state index in [1.807, 2.05) is 25.1 Å². The zero-order valence-electron chi connectivity index (χ0n) is 14.9. The van der Waals surface area contributed by atoms with Crippen molar-refractivity contribution in [2.45, 2.75) is 46.0 Å². The third-order valence-electron chi connectivity index (χ3n) is 4.45. The molecule has 2 rings (SSSR count). The average molecular weight is 332 g/mol. The molecule has 5 nitrogen and oxygen atoms in total. The predicted octanol–water partition coefficient (Wildman–Crippen LogP) is 3.05. The van der Waals surface area contributed by atoms with Gasteiger partial charge in [-0.1, -0.05) is 32.3 Å². The summed E-state index contributed by atoms with van der Waals surface area (Å²) in [7, 11) is 1.59. The van der Waals surface area contributed by atoms with Gasteiger partial charge in [-0.05, 0) is 31.0 Å². The summed E-state index contributed by atoms with van der Waals surface area (Å²) in [5.74, 6) is 0.336. The van der Waals surface area contributed by atoms with Crippen molar-refractivity contribution in [3.8, 4) is 5.75 Å². The number of ether oxygens (including phenoxy) is 1. The summed E-state index contributed by atoms with van der Waals surface area (Å²) in [6.07, 6.45) is 4.76. The number of rotatable bonds is 8. The summed E-state index contributed by atoms with van der Waals surface area (Å²) < 4.78 is 5.36. The Labute approximate surface area is 144 Å². The molecule has 0 aromatic heterocycles. The second-order valence-corrected chi connectivity index (χ2v) is 6.43. The van der Waals surface area contributed by atoms with E-state index >= 15 is 0 Å². The Bertz CT molecular complexity index is 586. The predicted molar refractivity (Wildman–Crippen MR) is 95.3 cm³/mol. The second kappa shape index (κ2) is 8.71. The lowest BCUT2D eigenvalue weighted by Gasteiger charge is -2.20. The lowest BCUT2D eigenvalue weighted by molar-refractivity contribution is -0.126. The smallest absolute Gasteiger partial charge is 0.227 e. The molecule has 1 heterocycles. The number of hydrogen-bond acceptors (Lipinski definition) is 3. The molecule has 1 saturated heterocycles. The largest absolute Gasteiger partial charge is 0.495 e. The van der Waals surface area contributed by atoms with Gasteiger partial charge in [0.15, 0.2) is 0 Å². The molecule has 1 fully saturated rings. The van der Waals surface area contributed by atoms with E-state index in [0.29, 0.717) is 18.8 Å². The molecular weight excluding hydrogens is 304 g/mol. The van der Waals surface area contributed by atoms with E-state index in [1.54, 1.807) is 12.0 Å². The van der Waals surface area contributed by atoms with Gasteiger partial charge in [-0.25, -0.2) is 0 Å². The number of amides is 2. The number of unbranched alkanes of at least 4 members (excludes halogenated alkanes) is 3. The highest BCUT2D eigenvalue weighted by molar-refractivity contribution is 6.01. The van der Waals surface area contributed by atoms with Gasteiger partial charge in [0, 0.05) is 19.5 Å². The quantitative estimate of drug-likeness (QED) is 0.744. The number of anilines is 1. The van der Waals surface area contributed by atoms with Crippen molar-refractivity contribution >= 4 is 17.5 Å². The van der Waals surface area contributed by atoms with Crippen LogP contribution in [0, 0.1) is 12.8 Å². The van der Waals surface area contributed by atoms with E-state index in [-0.39, 0.29) is 24.2 Å². The van der Waals surface area contributed by atoms with Crippen LogP contribution in [0.5, 0.6) is 5.75 Å². The van der Waals surface area contributed by atoms with Crippen molar-refractivity contribution in [1.29, 1.82) is 0 Å². The first-order chi connectivity index (χ1) is 11.6. The molecule has 0 radical (unpaired) electrons. The molecule has 0 spiro atoms. The summed E-state index contributed by atoms with van der Waals surface area (Å²) in [6.45, 7) is 5.25. The minimum Gasteiger partial charge on any atom is -0.495 e. The SMILES string of the molecule is CCCCCCNC(=O)C1CC(=O)N(c2cc(C)ccc2OC)C1. The Morgan fingerprint density at radius 3 is 2.83 bits per heavy atom. The monoisotopic (exact) mass is 332 g/mol. The molecule has 1 aliphatic heterocycles. The first-order valence-electron chi connectivity index (χ1n) is 8.79. The molecule has 0 saturated carbocycles. The second-order valence-electron chi connectivity index (χ2n) is 6.43. The highest BCUT2D eigenvalue weighted by atomic mass is 16.5. The number of aryl methyl sites for hydroxylation is 1. The molecule has 2 amide bonds. The third kappa shape index (κ3) is 4.49. The molecule has 132 valence electrons. The van der Waals surface area contributed by atoms with Crippen LogP contribution in [0.3, 0.4) is 0 Å². The zero-order chi connectivity index (χ0) is 17.5. The van der Waals surface area contributed by atoms with E-state index in [2.05, 4.69) is 12.2 Å². The van der Waals surface area contributed by atoms with Crippen LogP contribution in [0.2, 0.25) is 0 Å². The summed E-state index contributed by atoms with van der Waals surface area (Å²) in [4.78, 5) is 26.3. The van der Waals surface area contributed by atoms with Gasteiger partial charge in [-0.15, -0.1) is 0 Å². The standard InChI is InChI=1S/C19H28N2O3/c1-4-5-6-7-10-20-19(23)15-12-18(22)21(13-15)16-11-14(2)8-9-17(16)24-3/h8-9,11,15H,4-7,10,12-13H2,1-3H3,(H,20,23). The number of benzene rings is 1. The number of carbonyl (C=O) groups excluding carboxylic acids is 2. The first kappa shape index (κ1) is 18.3. The molecule has 1 unspecified atom stereocenters. The Hall–Kier alpha value is -2.04. The fourth-order valence-corrected chi connectivity index (χ4v) is 3.03. The summed E-state index contributed by atoms with van der Waals surface area (Å²) in [5.41, 5.74) is 1.81. The summed E-state index contributed by atoms with van der Waals surface area (Å²) in [5, 5.41) is 2.97. The topological polar surface area (TPSA) is 58.6 Å². The van der Waals surface area contributed by atoms with Crippen molar-refractivity contribution in [3.05, 3.63) is 23.8 Å². The van der Waals surface area contributed by atoms with Gasteiger partial charge in [-0.3, -0.25) is 9.59 Å². The number of hydrogen-bond donors (Lipinski definition) is 1. The molecule has 5 heteroatoms. The lowest BCUT2D eigenvalue weighted by Crippen LogP contribution is -2.33. The van der Waals surface area contributed by atoms with E-state index in [9.17, 15) is 9.59 Å². The van der Waals surface area contributed by atoms with Gasteiger partial charge >= 0.3 is 0 Å². The maximum Gasteiger partial charge on any atom is 0.227 e. The Morgan fingerprint density at radius 2 is 2.12 bits per heavy atom. The van der Waals surface area contributed by atoms with Gasteiger partial charge in [0.25, 0.3) is 0 Å².